The summed E-state index contributed by atoms with van der Waals surface area (Å²) >= 11 is 5.24. The maximum Gasteiger partial charge on any atom is 0.0178 e. The van der Waals surface area contributed by atoms with Gasteiger partial charge in [0.25, 0.3) is 0 Å². The van der Waals surface area contributed by atoms with Crippen molar-refractivity contribution in [1.82, 2.24) is 0 Å². The number of nitrogens with two attached hydrogens (primary N) is 1. The summed E-state index contributed by atoms with van der Waals surface area (Å²) in [7, 11) is 0. The molecule has 0 aliphatic heterocycles. The van der Waals surface area contributed by atoms with Crippen molar-refractivity contribution < 1.29 is 0 Å². The molecule has 1 unspecified atom stereocenters. The van der Waals surface area contributed by atoms with Crippen LogP contribution in [0.5, 0.6) is 0 Å². The van der Waals surface area contributed by atoms with Crippen molar-refractivity contribution >= 4 is 27.7 Å². The van der Waals surface area contributed by atoms with E-state index in [1.54, 1.807) is 11.8 Å². The van der Waals surface area contributed by atoms with E-state index in [0.717, 1.165) is 10.9 Å². The molecule has 72 valence electrons. The van der Waals surface area contributed by atoms with Gasteiger partial charge in [-0.1, -0.05) is 15.9 Å². The van der Waals surface area contributed by atoms with Gasteiger partial charge in [0, 0.05) is 15.4 Å². The van der Waals surface area contributed by atoms with Crippen LogP contribution in [0.4, 0.5) is 0 Å². The van der Waals surface area contributed by atoms with Crippen LogP contribution in [0.25, 0.3) is 0 Å². The molecule has 0 amide bonds. The highest BCUT2D eigenvalue weighted by atomic mass is 79.9. The Kier molecular flexibility index (Phi) is 4.29. The summed E-state index contributed by atoms with van der Waals surface area (Å²) in [6, 6.07) is 6.57. The van der Waals surface area contributed by atoms with Crippen LogP contribution in [0.2, 0.25) is 0 Å². The van der Waals surface area contributed by atoms with Crippen molar-refractivity contribution in [1.29, 1.82) is 0 Å². The fraction of sp³-hybridized carbons (Fsp3) is 0.400. The third kappa shape index (κ3) is 3.33. The minimum absolute atomic E-state index is 0.222. The molecule has 0 saturated carbocycles. The highest BCUT2D eigenvalue weighted by Gasteiger charge is 2.04. The number of thioether (sulfide) groups is 1. The molecule has 0 spiro atoms. The Bertz CT molecular complexity index is 286. The lowest BCUT2D eigenvalue weighted by molar-refractivity contribution is 0.729. The molecule has 1 aromatic carbocycles. The van der Waals surface area contributed by atoms with Crippen LogP contribution >= 0.6 is 27.7 Å². The lowest BCUT2D eigenvalue weighted by atomic mass is 10.1. The predicted molar refractivity (Wildman–Crippen MR) is 63.3 cm³/mol. The molecule has 13 heavy (non-hydrogen) atoms. The van der Waals surface area contributed by atoms with E-state index in [4.69, 9.17) is 5.73 Å². The highest BCUT2D eigenvalue weighted by molar-refractivity contribution is 9.10. The van der Waals surface area contributed by atoms with Gasteiger partial charge in [-0.25, -0.2) is 0 Å². The minimum atomic E-state index is 0.222. The van der Waals surface area contributed by atoms with E-state index in [2.05, 4.69) is 40.4 Å². The Morgan fingerprint density at radius 1 is 1.54 bits per heavy atom. The number of halogens is 1. The first kappa shape index (κ1) is 11.1. The van der Waals surface area contributed by atoms with E-state index in [1.807, 2.05) is 6.92 Å². The summed E-state index contributed by atoms with van der Waals surface area (Å²) in [6.45, 7) is 2.03. The third-order valence-corrected chi connectivity index (χ3v) is 3.12. The average molecular weight is 260 g/mol. The number of hydrogen-bond acceptors (Lipinski definition) is 2. The van der Waals surface area contributed by atoms with Gasteiger partial charge >= 0.3 is 0 Å². The zero-order valence-electron chi connectivity index (χ0n) is 7.88. The number of hydrogen-bond donors (Lipinski definition) is 1. The average Bonchev–Trinajstić information content (AvgIpc) is 2.03. The first-order valence-electron chi connectivity index (χ1n) is 4.21. The Balaban J connectivity index is 2.94. The standard InChI is InChI=1S/C10H14BrNS/c1-7(12)5-8-6-9(11)3-4-10(8)13-2/h3-4,6-7H,5,12H2,1-2H3. The maximum absolute atomic E-state index is 5.77. The molecule has 1 aromatic rings. The number of rotatable bonds is 3. The smallest absolute Gasteiger partial charge is 0.0178 e. The molecule has 0 bridgehead atoms. The van der Waals surface area contributed by atoms with Crippen molar-refractivity contribution in [3.05, 3.63) is 28.2 Å². The summed E-state index contributed by atoms with van der Waals surface area (Å²) in [5, 5.41) is 0. The third-order valence-electron chi connectivity index (χ3n) is 1.78. The highest BCUT2D eigenvalue weighted by Crippen LogP contribution is 2.24. The molecule has 3 heteroatoms. The van der Waals surface area contributed by atoms with Crippen LogP contribution < -0.4 is 5.73 Å². The lowest BCUT2D eigenvalue weighted by Crippen LogP contribution is -2.18. The van der Waals surface area contributed by atoms with Crippen LogP contribution in [0.3, 0.4) is 0 Å². The van der Waals surface area contributed by atoms with Crippen molar-refractivity contribution in [3.63, 3.8) is 0 Å². The van der Waals surface area contributed by atoms with Gasteiger partial charge in [0.15, 0.2) is 0 Å². The quantitative estimate of drug-likeness (QED) is 0.845. The van der Waals surface area contributed by atoms with Gasteiger partial charge in [-0.05, 0) is 43.4 Å². The summed E-state index contributed by atoms with van der Waals surface area (Å²) < 4.78 is 1.13. The maximum atomic E-state index is 5.77. The van der Waals surface area contributed by atoms with Gasteiger partial charge in [0.2, 0.25) is 0 Å². The van der Waals surface area contributed by atoms with E-state index in [1.165, 1.54) is 10.5 Å². The van der Waals surface area contributed by atoms with Crippen molar-refractivity contribution in [2.75, 3.05) is 6.26 Å². The van der Waals surface area contributed by atoms with Crippen LogP contribution in [0, 0.1) is 0 Å². The van der Waals surface area contributed by atoms with Gasteiger partial charge in [-0.2, -0.15) is 0 Å². The predicted octanol–water partition coefficient (Wildman–Crippen LogP) is 3.06. The molecule has 0 aliphatic carbocycles. The topological polar surface area (TPSA) is 26.0 Å². The zero-order chi connectivity index (χ0) is 9.84. The van der Waals surface area contributed by atoms with Crippen LogP contribution in [-0.4, -0.2) is 12.3 Å². The van der Waals surface area contributed by atoms with Gasteiger partial charge < -0.3 is 5.73 Å². The molecule has 0 aromatic heterocycles. The fourth-order valence-corrected chi connectivity index (χ4v) is 2.27. The normalized spacial score (nSPS) is 12.9. The van der Waals surface area contributed by atoms with E-state index < -0.39 is 0 Å². The van der Waals surface area contributed by atoms with Crippen molar-refractivity contribution in [2.45, 2.75) is 24.3 Å². The molecule has 0 saturated heterocycles. The van der Waals surface area contributed by atoms with Crippen LogP contribution in [-0.2, 0) is 6.42 Å². The van der Waals surface area contributed by atoms with Crippen LogP contribution in [0.1, 0.15) is 12.5 Å². The first-order chi connectivity index (χ1) is 6.13. The molecule has 0 heterocycles. The van der Waals surface area contributed by atoms with E-state index >= 15 is 0 Å². The summed E-state index contributed by atoms with van der Waals surface area (Å²) in [5.74, 6) is 0. The van der Waals surface area contributed by atoms with Gasteiger partial charge in [0.1, 0.15) is 0 Å². The molecule has 1 rings (SSSR count). The second-order valence-corrected chi connectivity index (χ2v) is 4.90. The largest absolute Gasteiger partial charge is 0.328 e. The second kappa shape index (κ2) is 5.03. The monoisotopic (exact) mass is 259 g/mol. The van der Waals surface area contributed by atoms with Gasteiger partial charge in [0.05, 0.1) is 0 Å². The Morgan fingerprint density at radius 2 is 2.23 bits per heavy atom. The van der Waals surface area contributed by atoms with Gasteiger partial charge in [-0.15, -0.1) is 11.8 Å². The SMILES string of the molecule is CSc1ccc(Br)cc1CC(C)N. The van der Waals surface area contributed by atoms with Crippen LogP contribution in [0.15, 0.2) is 27.6 Å². The van der Waals surface area contributed by atoms with Crippen molar-refractivity contribution in [2.24, 2.45) is 5.73 Å². The second-order valence-electron chi connectivity index (χ2n) is 3.14. The van der Waals surface area contributed by atoms with Gasteiger partial charge in [-0.3, -0.25) is 0 Å². The molecule has 1 atom stereocenters. The minimum Gasteiger partial charge on any atom is -0.328 e. The van der Waals surface area contributed by atoms with Crippen molar-refractivity contribution in [3.8, 4) is 0 Å². The molecule has 0 radical (unpaired) electrons. The Morgan fingerprint density at radius 3 is 2.77 bits per heavy atom. The molecule has 0 fully saturated rings. The number of benzene rings is 1. The summed E-state index contributed by atoms with van der Waals surface area (Å²) in [6.07, 6.45) is 3.03. The lowest BCUT2D eigenvalue weighted by Gasteiger charge is -2.10. The molecular weight excluding hydrogens is 246 g/mol. The molecular formula is C10H14BrNS. The summed E-state index contributed by atoms with van der Waals surface area (Å²) in [5.41, 5.74) is 7.10. The van der Waals surface area contributed by atoms with E-state index in [9.17, 15) is 0 Å². The first-order valence-corrected chi connectivity index (χ1v) is 6.23. The molecule has 1 nitrogen and oxygen atoms in total. The Labute approximate surface area is 92.2 Å². The zero-order valence-corrected chi connectivity index (χ0v) is 10.3. The van der Waals surface area contributed by atoms with E-state index in [-0.39, 0.29) is 6.04 Å². The fourth-order valence-electron chi connectivity index (χ4n) is 1.25. The molecule has 2 N–H and O–H groups in total. The Hall–Kier alpha value is 0.01000. The molecule has 0 aliphatic rings. The van der Waals surface area contributed by atoms with E-state index in [0.29, 0.717) is 0 Å². The summed E-state index contributed by atoms with van der Waals surface area (Å²) in [4.78, 5) is 1.32.